The van der Waals surface area contributed by atoms with E-state index in [2.05, 4.69) is 35.3 Å². The zero-order valence-electron chi connectivity index (χ0n) is 15.3. The highest BCUT2D eigenvalue weighted by Gasteiger charge is 2.21. The lowest BCUT2D eigenvalue weighted by Gasteiger charge is -2.20. The number of aromatic hydroxyl groups is 1. The summed E-state index contributed by atoms with van der Waals surface area (Å²) >= 11 is 11.9. The van der Waals surface area contributed by atoms with Crippen molar-refractivity contribution in [2.45, 2.75) is 25.7 Å². The number of phenolic OH excluding ortho intramolecular Hbond substituents is 1. The van der Waals surface area contributed by atoms with Crippen LogP contribution in [0.3, 0.4) is 0 Å². The average molecular weight is 422 g/mol. The maximum Gasteiger partial charge on any atom is 0.250 e. The molecule has 4 rings (SSSR count). The van der Waals surface area contributed by atoms with Crippen molar-refractivity contribution in [3.8, 4) is 5.75 Å². The molecule has 2 aliphatic rings. The molecule has 2 N–H and O–H groups in total. The van der Waals surface area contributed by atoms with Crippen LogP contribution in [-0.4, -0.2) is 52.5 Å². The van der Waals surface area contributed by atoms with Gasteiger partial charge in [-0.1, -0.05) is 23.2 Å². The van der Waals surface area contributed by atoms with Gasteiger partial charge in [0.2, 0.25) is 17.8 Å². The molecule has 0 atom stereocenters. The van der Waals surface area contributed by atoms with Crippen LogP contribution in [0.2, 0.25) is 10.0 Å². The Hall–Kier alpha value is -2.32. The molecule has 0 aliphatic carbocycles. The fourth-order valence-electron chi connectivity index (χ4n) is 3.35. The van der Waals surface area contributed by atoms with Crippen molar-refractivity contribution in [2.24, 2.45) is 5.10 Å². The number of hydrogen-bond donors (Lipinski definition) is 2. The lowest BCUT2D eigenvalue weighted by Crippen LogP contribution is -2.25. The highest BCUT2D eigenvalue weighted by Crippen LogP contribution is 2.32. The Labute approximate surface area is 173 Å². The summed E-state index contributed by atoms with van der Waals surface area (Å²) in [6, 6.07) is 3.15. The number of benzene rings is 1. The van der Waals surface area contributed by atoms with Crippen LogP contribution < -0.4 is 15.2 Å². The molecule has 2 saturated heterocycles. The molecule has 10 heteroatoms. The maximum absolute atomic E-state index is 9.64. The molecule has 0 spiro atoms. The number of phenols is 1. The monoisotopic (exact) mass is 421 g/mol. The third kappa shape index (κ3) is 4.23. The van der Waals surface area contributed by atoms with Crippen molar-refractivity contribution >= 4 is 47.3 Å². The van der Waals surface area contributed by atoms with Crippen LogP contribution in [0.5, 0.6) is 5.75 Å². The first-order chi connectivity index (χ1) is 13.6. The van der Waals surface area contributed by atoms with Gasteiger partial charge in [0, 0.05) is 26.2 Å². The van der Waals surface area contributed by atoms with Crippen molar-refractivity contribution in [1.29, 1.82) is 0 Å². The third-order valence-corrected chi connectivity index (χ3v) is 5.38. The lowest BCUT2D eigenvalue weighted by molar-refractivity contribution is 0.476. The van der Waals surface area contributed by atoms with Crippen LogP contribution in [0.15, 0.2) is 17.2 Å². The predicted octanol–water partition coefficient (Wildman–Crippen LogP) is 3.53. The second-order valence-electron chi connectivity index (χ2n) is 6.85. The smallest absolute Gasteiger partial charge is 0.250 e. The Morgan fingerprint density at radius 1 is 0.893 bits per heavy atom. The molecular weight excluding hydrogens is 401 g/mol. The van der Waals surface area contributed by atoms with Gasteiger partial charge < -0.3 is 14.9 Å². The SMILES string of the molecule is Oc1c(Cl)cc(/C=N/Nc2nc(N3CCCC3)nc(N3CCCC3)n2)cc1Cl. The molecule has 1 aromatic carbocycles. The second kappa shape index (κ2) is 8.36. The number of halogens is 2. The van der Waals surface area contributed by atoms with E-state index in [-0.39, 0.29) is 15.8 Å². The molecule has 2 aromatic rings. The maximum atomic E-state index is 9.64. The number of aromatic nitrogens is 3. The number of hydrogen-bond acceptors (Lipinski definition) is 8. The van der Waals surface area contributed by atoms with E-state index in [1.807, 2.05) is 0 Å². The fourth-order valence-corrected chi connectivity index (χ4v) is 3.85. The molecule has 0 unspecified atom stereocenters. The summed E-state index contributed by atoms with van der Waals surface area (Å²) in [7, 11) is 0. The highest BCUT2D eigenvalue weighted by molar-refractivity contribution is 6.37. The number of anilines is 3. The van der Waals surface area contributed by atoms with Gasteiger partial charge in [0.05, 0.1) is 16.3 Å². The van der Waals surface area contributed by atoms with E-state index in [4.69, 9.17) is 23.2 Å². The van der Waals surface area contributed by atoms with Gasteiger partial charge in [-0.3, -0.25) is 0 Å². The third-order valence-electron chi connectivity index (χ3n) is 4.81. The van der Waals surface area contributed by atoms with E-state index >= 15 is 0 Å². The van der Waals surface area contributed by atoms with E-state index in [1.165, 1.54) is 0 Å². The van der Waals surface area contributed by atoms with Gasteiger partial charge in [-0.05, 0) is 43.4 Å². The van der Waals surface area contributed by atoms with Gasteiger partial charge in [0.15, 0.2) is 5.75 Å². The molecule has 0 bridgehead atoms. The minimum Gasteiger partial charge on any atom is -0.505 e. The van der Waals surface area contributed by atoms with Crippen LogP contribution in [0.25, 0.3) is 0 Å². The first kappa shape index (κ1) is 19.0. The van der Waals surface area contributed by atoms with Crippen LogP contribution >= 0.6 is 23.2 Å². The molecule has 28 heavy (non-hydrogen) atoms. The van der Waals surface area contributed by atoms with E-state index < -0.39 is 0 Å². The summed E-state index contributed by atoms with van der Waals surface area (Å²) in [5.74, 6) is 1.62. The van der Waals surface area contributed by atoms with E-state index in [0.29, 0.717) is 23.4 Å². The summed E-state index contributed by atoms with van der Waals surface area (Å²) < 4.78 is 0. The van der Waals surface area contributed by atoms with Gasteiger partial charge in [0.25, 0.3) is 0 Å². The highest BCUT2D eigenvalue weighted by atomic mass is 35.5. The molecule has 3 heterocycles. The zero-order valence-corrected chi connectivity index (χ0v) is 16.8. The van der Waals surface area contributed by atoms with Crippen molar-refractivity contribution in [3.63, 3.8) is 0 Å². The topological polar surface area (TPSA) is 89.8 Å². The Balaban J connectivity index is 1.55. The molecule has 2 aliphatic heterocycles. The number of nitrogens with zero attached hydrogens (tertiary/aromatic N) is 6. The molecule has 148 valence electrons. The van der Waals surface area contributed by atoms with Crippen molar-refractivity contribution in [2.75, 3.05) is 41.4 Å². The number of nitrogens with one attached hydrogen (secondary N) is 1. The Kier molecular flexibility index (Phi) is 5.68. The normalized spacial score (nSPS) is 17.1. The van der Waals surface area contributed by atoms with Gasteiger partial charge in [-0.25, -0.2) is 5.43 Å². The summed E-state index contributed by atoms with van der Waals surface area (Å²) in [4.78, 5) is 18.1. The summed E-state index contributed by atoms with van der Waals surface area (Å²) in [5.41, 5.74) is 3.53. The Bertz CT molecular complexity index is 823. The number of rotatable bonds is 5. The molecule has 0 radical (unpaired) electrons. The molecular formula is C18H21Cl2N7O. The van der Waals surface area contributed by atoms with Crippen LogP contribution in [-0.2, 0) is 0 Å². The summed E-state index contributed by atoms with van der Waals surface area (Å²) in [5, 5.41) is 14.2. The minimum absolute atomic E-state index is 0.142. The summed E-state index contributed by atoms with van der Waals surface area (Å²) in [6.07, 6.45) is 6.14. The minimum atomic E-state index is -0.142. The van der Waals surface area contributed by atoms with Crippen LogP contribution in [0, 0.1) is 0 Å². The predicted molar refractivity (Wildman–Crippen MR) is 112 cm³/mol. The molecule has 8 nitrogen and oxygen atoms in total. The Morgan fingerprint density at radius 2 is 1.39 bits per heavy atom. The molecule has 0 amide bonds. The quantitative estimate of drug-likeness (QED) is 0.563. The average Bonchev–Trinajstić information content (AvgIpc) is 3.39. The molecule has 0 saturated carbocycles. The largest absolute Gasteiger partial charge is 0.505 e. The van der Waals surface area contributed by atoms with Crippen LogP contribution in [0.1, 0.15) is 31.2 Å². The number of hydrazone groups is 1. The second-order valence-corrected chi connectivity index (χ2v) is 7.66. The first-order valence-corrected chi connectivity index (χ1v) is 10.1. The standard InChI is InChI=1S/C18H21Cl2N7O/c19-13-9-12(10-14(20)15(13)28)11-21-25-16-22-17(26-5-1-2-6-26)24-18(23-16)27-7-3-4-8-27/h9-11,28H,1-8H2,(H,22,23,24,25)/b21-11+. The first-order valence-electron chi connectivity index (χ1n) is 9.33. The fraction of sp³-hybridized carbons (Fsp3) is 0.444. The summed E-state index contributed by atoms with van der Waals surface area (Å²) in [6.45, 7) is 3.82. The Morgan fingerprint density at radius 3 is 1.89 bits per heavy atom. The molecule has 1 aromatic heterocycles. The van der Waals surface area contributed by atoms with E-state index in [9.17, 15) is 5.11 Å². The van der Waals surface area contributed by atoms with Crippen molar-refractivity contribution < 1.29 is 5.11 Å². The molecule has 2 fully saturated rings. The lowest BCUT2D eigenvalue weighted by atomic mass is 10.2. The van der Waals surface area contributed by atoms with Gasteiger partial charge in [-0.2, -0.15) is 20.1 Å². The van der Waals surface area contributed by atoms with E-state index in [0.717, 1.165) is 51.9 Å². The van der Waals surface area contributed by atoms with E-state index in [1.54, 1.807) is 18.3 Å². The van der Waals surface area contributed by atoms with Gasteiger partial charge in [-0.15, -0.1) is 0 Å². The van der Waals surface area contributed by atoms with Crippen molar-refractivity contribution in [1.82, 2.24) is 15.0 Å². The van der Waals surface area contributed by atoms with Crippen molar-refractivity contribution in [3.05, 3.63) is 27.7 Å². The van der Waals surface area contributed by atoms with Gasteiger partial charge >= 0.3 is 0 Å². The zero-order chi connectivity index (χ0) is 19.5. The van der Waals surface area contributed by atoms with Crippen LogP contribution in [0.4, 0.5) is 17.8 Å². The van der Waals surface area contributed by atoms with Gasteiger partial charge in [0.1, 0.15) is 0 Å².